The first-order valence-corrected chi connectivity index (χ1v) is 17.3. The molecule has 2 aliphatic rings. The van der Waals surface area contributed by atoms with Crippen LogP contribution in [0.15, 0.2) is 60.7 Å². The average molecular weight is 720 g/mol. The van der Waals surface area contributed by atoms with E-state index in [1.807, 2.05) is 60.7 Å². The molecule has 0 aliphatic carbocycles. The van der Waals surface area contributed by atoms with Gasteiger partial charge in [0.25, 0.3) is 0 Å². The van der Waals surface area contributed by atoms with E-state index in [1.165, 1.54) is 0 Å². The van der Waals surface area contributed by atoms with Gasteiger partial charge in [0.1, 0.15) is 6.23 Å². The predicted molar refractivity (Wildman–Crippen MR) is 193 cm³/mol. The molecule has 11 nitrogen and oxygen atoms in total. The highest BCUT2D eigenvalue weighted by atomic mass is 35.5. The molecule has 0 radical (unpaired) electrons. The number of aliphatic hydroxyl groups is 1. The number of carbonyl (C=O) groups is 2. The number of amides is 2. The number of benzene rings is 2. The number of rotatable bonds is 14. The second kappa shape index (κ2) is 16.2. The molecule has 2 aliphatic heterocycles. The minimum Gasteiger partial charge on any atom is -0.481 e. The molecular formula is C37H40Cl2N6O5. The van der Waals surface area contributed by atoms with Crippen molar-refractivity contribution in [3.63, 3.8) is 0 Å². The van der Waals surface area contributed by atoms with Crippen molar-refractivity contribution in [1.29, 1.82) is 0 Å². The van der Waals surface area contributed by atoms with E-state index in [4.69, 9.17) is 42.6 Å². The smallest absolute Gasteiger partial charge is 0.220 e. The van der Waals surface area contributed by atoms with Crippen LogP contribution in [0, 0.1) is 0 Å². The largest absolute Gasteiger partial charge is 0.481 e. The van der Waals surface area contributed by atoms with Crippen LogP contribution in [-0.2, 0) is 22.7 Å². The van der Waals surface area contributed by atoms with Crippen LogP contribution >= 0.6 is 23.2 Å². The summed E-state index contributed by atoms with van der Waals surface area (Å²) in [6.07, 6.45) is 3.10. The van der Waals surface area contributed by atoms with Crippen molar-refractivity contribution in [2.75, 3.05) is 27.3 Å². The van der Waals surface area contributed by atoms with E-state index in [0.717, 1.165) is 47.1 Å². The molecule has 2 aromatic heterocycles. The van der Waals surface area contributed by atoms with Crippen LogP contribution in [-0.4, -0.2) is 77.9 Å². The van der Waals surface area contributed by atoms with E-state index in [1.54, 1.807) is 19.1 Å². The number of carbonyl (C=O) groups excluding carboxylic acids is 2. The van der Waals surface area contributed by atoms with Gasteiger partial charge in [-0.2, -0.15) is 0 Å². The molecule has 0 saturated carbocycles. The second-order valence-electron chi connectivity index (χ2n) is 12.5. The minimum absolute atomic E-state index is 0.0265. The summed E-state index contributed by atoms with van der Waals surface area (Å²) in [5, 5.41) is 20.2. The number of methoxy groups -OCH3 is 2. The molecule has 6 rings (SSSR count). The molecule has 2 fully saturated rings. The van der Waals surface area contributed by atoms with Crippen molar-refractivity contribution in [1.82, 2.24) is 30.8 Å². The maximum Gasteiger partial charge on any atom is 0.220 e. The molecule has 4 N–H and O–H groups in total. The third-order valence-electron chi connectivity index (χ3n) is 9.09. The maximum atomic E-state index is 11.9. The zero-order valence-electron chi connectivity index (χ0n) is 27.9. The van der Waals surface area contributed by atoms with Crippen LogP contribution in [0.25, 0.3) is 33.6 Å². The lowest BCUT2D eigenvalue weighted by atomic mass is 9.98. The number of hydrogen-bond acceptors (Lipinski definition) is 9. The van der Waals surface area contributed by atoms with Crippen molar-refractivity contribution in [2.45, 2.75) is 57.1 Å². The SMILES string of the molecule is COc1nc(-c2cccc(-c3cccc(-c4ccc(CN(C=O)C[C@@H]5CCC(O)N5)c(OC)n4)c3Cl)c2Cl)ccc1CNC[C@@H]1CCC(=O)N1. The van der Waals surface area contributed by atoms with Gasteiger partial charge in [0.05, 0.1) is 42.2 Å². The molecule has 4 heterocycles. The first-order chi connectivity index (χ1) is 24.3. The van der Waals surface area contributed by atoms with Crippen LogP contribution in [0.2, 0.25) is 10.0 Å². The summed E-state index contributed by atoms with van der Waals surface area (Å²) in [5.41, 5.74) is 5.78. The average Bonchev–Trinajstić information content (AvgIpc) is 3.75. The van der Waals surface area contributed by atoms with Crippen molar-refractivity contribution in [3.8, 4) is 45.4 Å². The van der Waals surface area contributed by atoms with E-state index in [9.17, 15) is 14.7 Å². The number of hydrogen-bond donors (Lipinski definition) is 4. The maximum absolute atomic E-state index is 11.9. The van der Waals surface area contributed by atoms with Gasteiger partial charge in [-0.05, 0) is 37.5 Å². The lowest BCUT2D eigenvalue weighted by Crippen LogP contribution is -2.39. The Kier molecular flexibility index (Phi) is 11.5. The quantitative estimate of drug-likeness (QED) is 0.130. The molecular weight excluding hydrogens is 679 g/mol. The van der Waals surface area contributed by atoms with E-state index in [-0.39, 0.29) is 18.0 Å². The van der Waals surface area contributed by atoms with Crippen LogP contribution < -0.4 is 25.4 Å². The Labute approximate surface area is 301 Å². The minimum atomic E-state index is -0.540. The third-order valence-corrected chi connectivity index (χ3v) is 9.90. The van der Waals surface area contributed by atoms with E-state index >= 15 is 0 Å². The van der Waals surface area contributed by atoms with Gasteiger partial charge < -0.3 is 30.1 Å². The number of halogens is 2. The highest BCUT2D eigenvalue weighted by Gasteiger charge is 2.25. The molecule has 2 aromatic carbocycles. The van der Waals surface area contributed by atoms with Crippen LogP contribution in [0.5, 0.6) is 11.8 Å². The fourth-order valence-electron chi connectivity index (χ4n) is 6.52. The monoisotopic (exact) mass is 718 g/mol. The Bertz CT molecular complexity index is 1860. The molecule has 1 unspecified atom stereocenters. The van der Waals surface area contributed by atoms with Gasteiger partial charge in [0.15, 0.2) is 0 Å². The van der Waals surface area contributed by atoms with Gasteiger partial charge in [-0.25, -0.2) is 9.97 Å². The summed E-state index contributed by atoms with van der Waals surface area (Å²) < 4.78 is 11.3. The van der Waals surface area contributed by atoms with Gasteiger partial charge >= 0.3 is 0 Å². The number of pyridine rings is 2. The van der Waals surface area contributed by atoms with Crippen molar-refractivity contribution in [2.24, 2.45) is 0 Å². The number of nitrogens with one attached hydrogen (secondary N) is 3. The molecule has 13 heteroatoms. The van der Waals surface area contributed by atoms with Crippen LogP contribution in [0.4, 0.5) is 0 Å². The van der Waals surface area contributed by atoms with Crippen LogP contribution in [0.3, 0.4) is 0 Å². The molecule has 2 amide bonds. The molecule has 4 aromatic rings. The topological polar surface area (TPSA) is 138 Å². The third kappa shape index (κ3) is 8.03. The Balaban J connectivity index is 1.22. The number of nitrogens with zero attached hydrogens (tertiary/aromatic N) is 3. The number of aliphatic hydroxyl groups excluding tert-OH is 1. The number of ether oxygens (including phenoxy) is 2. The Hall–Kier alpha value is -4.26. The van der Waals surface area contributed by atoms with Gasteiger partial charge in [-0.3, -0.25) is 14.9 Å². The molecule has 3 atom stereocenters. The highest BCUT2D eigenvalue weighted by molar-refractivity contribution is 6.39. The van der Waals surface area contributed by atoms with Crippen molar-refractivity contribution >= 4 is 35.5 Å². The lowest BCUT2D eigenvalue weighted by Gasteiger charge is -2.22. The normalized spacial score (nSPS) is 18.6. The predicted octanol–water partition coefficient (Wildman–Crippen LogP) is 5.20. The summed E-state index contributed by atoms with van der Waals surface area (Å²) in [6.45, 7) is 1.98. The van der Waals surface area contributed by atoms with Crippen molar-refractivity contribution in [3.05, 3.63) is 81.8 Å². The van der Waals surface area contributed by atoms with E-state index < -0.39 is 6.23 Å². The summed E-state index contributed by atoms with van der Waals surface area (Å²) in [4.78, 5) is 34.6. The zero-order valence-corrected chi connectivity index (χ0v) is 29.4. The molecule has 262 valence electrons. The van der Waals surface area contributed by atoms with E-state index in [2.05, 4.69) is 16.0 Å². The van der Waals surface area contributed by atoms with Gasteiger partial charge in [-0.15, -0.1) is 0 Å². The van der Waals surface area contributed by atoms with Crippen molar-refractivity contribution < 1.29 is 24.2 Å². The Morgan fingerprint density at radius 3 is 2.00 bits per heavy atom. The molecule has 0 spiro atoms. The summed E-state index contributed by atoms with van der Waals surface area (Å²) >= 11 is 14.2. The highest BCUT2D eigenvalue weighted by Crippen LogP contribution is 2.42. The van der Waals surface area contributed by atoms with Gasteiger partial charge in [-0.1, -0.05) is 65.7 Å². The first-order valence-electron chi connectivity index (χ1n) is 16.6. The summed E-state index contributed by atoms with van der Waals surface area (Å²) in [6, 6.07) is 19.2. The van der Waals surface area contributed by atoms with E-state index in [0.29, 0.717) is 77.8 Å². The fraction of sp³-hybridized carbons (Fsp3) is 0.351. The van der Waals surface area contributed by atoms with Gasteiger partial charge in [0.2, 0.25) is 24.1 Å². The first kappa shape index (κ1) is 35.6. The number of aromatic nitrogens is 2. The summed E-state index contributed by atoms with van der Waals surface area (Å²) in [7, 11) is 3.13. The Morgan fingerprint density at radius 1 is 0.860 bits per heavy atom. The Morgan fingerprint density at radius 2 is 1.46 bits per heavy atom. The fourth-order valence-corrected chi connectivity index (χ4v) is 7.17. The van der Waals surface area contributed by atoms with Gasteiger partial charge in [0, 0.05) is 71.5 Å². The van der Waals surface area contributed by atoms with Crippen LogP contribution in [0.1, 0.15) is 36.8 Å². The standard InChI is InChI=1S/C37H40Cl2N6O5/c1-49-36-22(17-40-18-24-11-15-32(47)41-24)9-13-30(43-36)28-7-3-5-26(34(28)38)27-6-4-8-29(35(27)39)31-14-10-23(37(44-31)50-2)19-45(21-46)20-25-12-16-33(48)42-25/h3-10,13-14,21,24-25,33,40,42,48H,11-12,15-20H2,1-2H3,(H,41,47)/t24-,25-,33?/m0/s1. The lowest BCUT2D eigenvalue weighted by molar-refractivity contribution is -0.120. The molecule has 0 bridgehead atoms. The molecule has 50 heavy (non-hydrogen) atoms. The summed E-state index contributed by atoms with van der Waals surface area (Å²) in [5.74, 6) is 0.966. The zero-order chi connectivity index (χ0) is 35.2. The second-order valence-corrected chi connectivity index (χ2v) is 13.2. The molecule has 2 saturated heterocycles.